The number of hydrogen-bond donors (Lipinski definition) is 2. The van der Waals surface area contributed by atoms with Crippen molar-refractivity contribution in [3.63, 3.8) is 0 Å². The van der Waals surface area contributed by atoms with E-state index in [4.69, 9.17) is 0 Å². The normalized spacial score (nSPS) is 11.0. The number of rotatable bonds is 2. The van der Waals surface area contributed by atoms with Gasteiger partial charge in [-0.3, -0.25) is 9.67 Å². The summed E-state index contributed by atoms with van der Waals surface area (Å²) in [6, 6.07) is 14.0. The van der Waals surface area contributed by atoms with Crippen LogP contribution >= 0.6 is 0 Å². The lowest BCUT2D eigenvalue weighted by atomic mass is 10.0. The van der Waals surface area contributed by atoms with Gasteiger partial charge in [0.2, 0.25) is 0 Å². The Morgan fingerprint density at radius 1 is 1.05 bits per heavy atom. The average molecular weight is 276 g/mol. The molecule has 102 valence electrons. The van der Waals surface area contributed by atoms with Gasteiger partial charge in [0.1, 0.15) is 0 Å². The molecule has 4 rings (SSSR count). The van der Waals surface area contributed by atoms with Gasteiger partial charge in [0.05, 0.1) is 17.4 Å². The number of nitrogens with zero attached hydrogens (tertiary/aromatic N) is 2. The summed E-state index contributed by atoms with van der Waals surface area (Å²) in [6.45, 7) is 0. The van der Waals surface area contributed by atoms with E-state index in [9.17, 15) is 4.79 Å². The third-order valence-corrected chi connectivity index (χ3v) is 3.59. The minimum absolute atomic E-state index is 0.139. The molecule has 21 heavy (non-hydrogen) atoms. The molecule has 0 bridgehead atoms. The molecule has 0 aliphatic heterocycles. The van der Waals surface area contributed by atoms with Crippen LogP contribution < -0.4 is 5.69 Å². The maximum absolute atomic E-state index is 11.6. The molecule has 0 amide bonds. The molecule has 2 heterocycles. The summed E-state index contributed by atoms with van der Waals surface area (Å²) >= 11 is 0. The quantitative estimate of drug-likeness (QED) is 0.591. The minimum Gasteiger partial charge on any atom is -0.312 e. The molecule has 0 fully saturated rings. The highest BCUT2D eigenvalue weighted by Gasteiger charge is 2.06. The number of fused-ring (bicyclic) bond motifs is 1. The highest BCUT2D eigenvalue weighted by molar-refractivity contribution is 5.94. The maximum Gasteiger partial charge on any atom is 0.330 e. The number of nitrogens with one attached hydrogen (secondary N) is 2. The monoisotopic (exact) mass is 276 g/mol. The van der Waals surface area contributed by atoms with Gasteiger partial charge in [-0.05, 0) is 29.3 Å². The van der Waals surface area contributed by atoms with Gasteiger partial charge in [-0.25, -0.2) is 4.79 Å². The molecule has 0 saturated carbocycles. The fraction of sp³-hybridized carbons (Fsp3) is 0. The van der Waals surface area contributed by atoms with Gasteiger partial charge in [0, 0.05) is 17.8 Å². The summed E-state index contributed by atoms with van der Waals surface area (Å²) in [6.07, 6.45) is 5.17. The Hall–Kier alpha value is -3.08. The molecular weight excluding hydrogens is 264 g/mol. The van der Waals surface area contributed by atoms with Crippen molar-refractivity contribution in [3.05, 3.63) is 71.5 Å². The molecule has 5 heteroatoms. The lowest BCUT2D eigenvalue weighted by Crippen LogP contribution is -2.13. The molecule has 0 spiro atoms. The van der Waals surface area contributed by atoms with E-state index in [1.165, 1.54) is 0 Å². The lowest BCUT2D eigenvalue weighted by molar-refractivity contribution is 0.988. The molecule has 2 aromatic carbocycles. The second-order valence-corrected chi connectivity index (χ2v) is 4.82. The van der Waals surface area contributed by atoms with E-state index < -0.39 is 0 Å². The summed E-state index contributed by atoms with van der Waals surface area (Å²) in [5.74, 6) is 0. The van der Waals surface area contributed by atoms with Crippen LogP contribution in [0, 0.1) is 0 Å². The highest BCUT2D eigenvalue weighted by atomic mass is 16.1. The first kappa shape index (κ1) is 11.7. The van der Waals surface area contributed by atoms with Gasteiger partial charge in [0.15, 0.2) is 0 Å². The highest BCUT2D eigenvalue weighted by Crippen LogP contribution is 2.27. The zero-order chi connectivity index (χ0) is 14.2. The Balaban J connectivity index is 1.82. The van der Waals surface area contributed by atoms with Gasteiger partial charge in [0.25, 0.3) is 0 Å². The van der Waals surface area contributed by atoms with Crippen molar-refractivity contribution < 1.29 is 0 Å². The predicted molar refractivity (Wildman–Crippen MR) is 81.5 cm³/mol. The molecule has 4 aromatic rings. The van der Waals surface area contributed by atoms with Crippen LogP contribution in [0.4, 0.5) is 0 Å². The van der Waals surface area contributed by atoms with Crippen LogP contribution in [-0.4, -0.2) is 19.7 Å². The summed E-state index contributed by atoms with van der Waals surface area (Å²) in [5.41, 5.74) is 3.92. The van der Waals surface area contributed by atoms with Gasteiger partial charge in [-0.1, -0.05) is 24.3 Å². The SMILES string of the molecule is O=c1[nH]ccn1-c1ccc(-c2cccc3[nH]ncc23)cc1. The van der Waals surface area contributed by atoms with Crippen LogP contribution in [0.1, 0.15) is 0 Å². The van der Waals surface area contributed by atoms with E-state index in [1.807, 2.05) is 42.6 Å². The van der Waals surface area contributed by atoms with E-state index in [0.29, 0.717) is 0 Å². The first-order valence-electron chi connectivity index (χ1n) is 6.62. The van der Waals surface area contributed by atoms with Crippen LogP contribution in [0.15, 0.2) is 65.8 Å². The van der Waals surface area contributed by atoms with Crippen molar-refractivity contribution in [1.29, 1.82) is 0 Å². The van der Waals surface area contributed by atoms with Crippen LogP contribution in [-0.2, 0) is 0 Å². The molecule has 0 atom stereocenters. The number of hydrogen-bond acceptors (Lipinski definition) is 2. The second kappa shape index (κ2) is 4.49. The Morgan fingerprint density at radius 3 is 2.67 bits per heavy atom. The average Bonchev–Trinajstić information content (AvgIpc) is 3.15. The van der Waals surface area contributed by atoms with Crippen LogP contribution in [0.3, 0.4) is 0 Å². The molecule has 0 unspecified atom stereocenters. The predicted octanol–water partition coefficient (Wildman–Crippen LogP) is 2.71. The number of benzene rings is 2. The summed E-state index contributed by atoms with van der Waals surface area (Å²) < 4.78 is 1.57. The molecule has 0 aliphatic rings. The van der Waals surface area contributed by atoms with Crippen molar-refractivity contribution in [2.75, 3.05) is 0 Å². The summed E-state index contributed by atoms with van der Waals surface area (Å²) in [7, 11) is 0. The zero-order valence-corrected chi connectivity index (χ0v) is 11.1. The smallest absolute Gasteiger partial charge is 0.312 e. The van der Waals surface area contributed by atoms with Crippen molar-refractivity contribution in [1.82, 2.24) is 19.7 Å². The molecule has 5 nitrogen and oxygen atoms in total. The summed E-state index contributed by atoms with van der Waals surface area (Å²) in [4.78, 5) is 14.2. The van der Waals surface area contributed by atoms with Crippen molar-refractivity contribution in [3.8, 4) is 16.8 Å². The zero-order valence-electron chi connectivity index (χ0n) is 11.1. The van der Waals surface area contributed by atoms with Crippen molar-refractivity contribution >= 4 is 10.9 Å². The van der Waals surface area contributed by atoms with E-state index >= 15 is 0 Å². The third kappa shape index (κ3) is 1.87. The summed E-state index contributed by atoms with van der Waals surface area (Å²) in [5, 5.41) is 8.14. The maximum atomic E-state index is 11.6. The first-order valence-corrected chi connectivity index (χ1v) is 6.62. The topological polar surface area (TPSA) is 66.5 Å². The third-order valence-electron chi connectivity index (χ3n) is 3.59. The van der Waals surface area contributed by atoms with Gasteiger partial charge in [-0.15, -0.1) is 0 Å². The Kier molecular flexibility index (Phi) is 2.50. The number of aromatic amines is 2. The van der Waals surface area contributed by atoms with E-state index in [2.05, 4.69) is 21.2 Å². The van der Waals surface area contributed by atoms with Crippen molar-refractivity contribution in [2.24, 2.45) is 0 Å². The Morgan fingerprint density at radius 2 is 1.90 bits per heavy atom. The van der Waals surface area contributed by atoms with Gasteiger partial charge >= 0.3 is 5.69 Å². The number of imidazole rings is 1. The minimum atomic E-state index is -0.139. The van der Waals surface area contributed by atoms with E-state index in [0.717, 1.165) is 27.7 Å². The molecule has 0 saturated heterocycles. The lowest BCUT2D eigenvalue weighted by Gasteiger charge is -2.05. The second-order valence-electron chi connectivity index (χ2n) is 4.82. The number of H-pyrrole nitrogens is 2. The van der Waals surface area contributed by atoms with E-state index in [-0.39, 0.29) is 5.69 Å². The fourth-order valence-electron chi connectivity index (χ4n) is 2.55. The molecule has 0 radical (unpaired) electrons. The van der Waals surface area contributed by atoms with Crippen LogP contribution in [0.2, 0.25) is 0 Å². The molecule has 2 N–H and O–H groups in total. The van der Waals surface area contributed by atoms with Crippen LogP contribution in [0.25, 0.3) is 27.7 Å². The van der Waals surface area contributed by atoms with Crippen molar-refractivity contribution in [2.45, 2.75) is 0 Å². The molecule has 2 aromatic heterocycles. The Bertz CT molecular complexity index is 960. The Labute approximate surface area is 119 Å². The fourth-order valence-corrected chi connectivity index (χ4v) is 2.55. The molecular formula is C16H12N4O. The first-order chi connectivity index (χ1) is 10.3. The molecule has 0 aliphatic carbocycles. The largest absolute Gasteiger partial charge is 0.330 e. The number of aromatic nitrogens is 4. The van der Waals surface area contributed by atoms with Gasteiger partial charge in [-0.2, -0.15) is 5.10 Å². The standard InChI is InChI=1S/C16H12N4O/c21-16-17-8-9-20(16)12-6-4-11(5-7-12)13-2-1-3-15-14(13)10-18-19-15/h1-10H,(H,17,21)(H,18,19). The van der Waals surface area contributed by atoms with Crippen LogP contribution in [0.5, 0.6) is 0 Å². The van der Waals surface area contributed by atoms with Gasteiger partial charge < -0.3 is 4.98 Å². The van der Waals surface area contributed by atoms with E-state index in [1.54, 1.807) is 17.0 Å².